The van der Waals surface area contributed by atoms with Gasteiger partial charge in [0.2, 0.25) is 0 Å². The number of hydrogen-bond donors (Lipinski definition) is 1. The Kier molecular flexibility index (Phi) is 3.03. The number of nitrogens with zero attached hydrogens (tertiary/aromatic N) is 3. The van der Waals surface area contributed by atoms with Gasteiger partial charge in [-0.1, -0.05) is 0 Å². The van der Waals surface area contributed by atoms with E-state index in [1.54, 1.807) is 29.4 Å². The van der Waals surface area contributed by atoms with Gasteiger partial charge in [0.05, 0.1) is 5.56 Å². The summed E-state index contributed by atoms with van der Waals surface area (Å²) in [4.78, 5) is 20.3. The third-order valence-corrected chi connectivity index (χ3v) is 3.47. The van der Waals surface area contributed by atoms with Crippen LogP contribution in [0.5, 0.6) is 0 Å². The second-order valence-corrected chi connectivity index (χ2v) is 4.97. The molecule has 1 saturated carbocycles. The number of hydrogen-bond acceptors (Lipinski definition) is 3. The molecule has 0 aliphatic heterocycles. The van der Waals surface area contributed by atoms with Gasteiger partial charge in [-0.2, -0.15) is 0 Å². The van der Waals surface area contributed by atoms with E-state index in [0.29, 0.717) is 11.5 Å². The molecule has 0 radical (unpaired) electrons. The van der Waals surface area contributed by atoms with E-state index in [0.717, 1.165) is 5.82 Å². The lowest BCUT2D eigenvalue weighted by molar-refractivity contribution is 0.0935. The molecule has 19 heavy (non-hydrogen) atoms. The Morgan fingerprint density at radius 1 is 1.47 bits per heavy atom. The number of carbonyl (C=O) groups excluding carboxylic acids is 1. The minimum absolute atomic E-state index is 0.0518. The van der Waals surface area contributed by atoms with Gasteiger partial charge in [-0.05, 0) is 37.8 Å². The third kappa shape index (κ3) is 2.65. The summed E-state index contributed by atoms with van der Waals surface area (Å²) < 4.78 is 1.80. The maximum Gasteiger partial charge on any atom is 0.253 e. The van der Waals surface area contributed by atoms with Crippen molar-refractivity contribution < 1.29 is 4.79 Å². The lowest BCUT2D eigenvalue weighted by Crippen LogP contribution is -2.34. The number of amides is 1. The predicted octanol–water partition coefficient (Wildman–Crippen LogP) is 1.80. The monoisotopic (exact) mass is 256 g/mol. The lowest BCUT2D eigenvalue weighted by Gasteiger charge is -2.12. The van der Waals surface area contributed by atoms with Gasteiger partial charge in [-0.25, -0.2) is 9.97 Å². The molecule has 3 rings (SSSR count). The highest BCUT2D eigenvalue weighted by atomic mass is 16.1. The zero-order chi connectivity index (χ0) is 13.2. The first-order chi connectivity index (χ1) is 9.24. The number of pyridine rings is 1. The van der Waals surface area contributed by atoms with Crippen LogP contribution >= 0.6 is 0 Å². The molecule has 2 aromatic heterocycles. The van der Waals surface area contributed by atoms with Crippen LogP contribution < -0.4 is 5.32 Å². The third-order valence-electron chi connectivity index (χ3n) is 3.47. The van der Waals surface area contributed by atoms with Crippen molar-refractivity contribution in [3.8, 4) is 5.82 Å². The van der Waals surface area contributed by atoms with Crippen LogP contribution in [0, 0.1) is 5.92 Å². The van der Waals surface area contributed by atoms with Gasteiger partial charge in [0, 0.05) is 24.6 Å². The van der Waals surface area contributed by atoms with Crippen molar-refractivity contribution in [2.75, 3.05) is 0 Å². The normalized spacial score (nSPS) is 16.1. The molecule has 2 aromatic rings. The van der Waals surface area contributed by atoms with Crippen LogP contribution in [0.4, 0.5) is 0 Å². The van der Waals surface area contributed by atoms with E-state index in [4.69, 9.17) is 0 Å². The van der Waals surface area contributed by atoms with E-state index in [1.165, 1.54) is 12.8 Å². The molecule has 0 saturated heterocycles. The van der Waals surface area contributed by atoms with Crippen LogP contribution in [0.15, 0.2) is 37.1 Å². The number of carbonyl (C=O) groups is 1. The first-order valence-corrected chi connectivity index (χ1v) is 6.49. The minimum Gasteiger partial charge on any atom is -0.349 e. The molecule has 0 bridgehead atoms. The highest BCUT2D eigenvalue weighted by Gasteiger charge is 2.29. The maximum absolute atomic E-state index is 12.0. The molecule has 5 nitrogen and oxygen atoms in total. The van der Waals surface area contributed by atoms with Crippen LogP contribution in [0.25, 0.3) is 5.82 Å². The Morgan fingerprint density at radius 2 is 2.32 bits per heavy atom. The first-order valence-electron chi connectivity index (χ1n) is 6.49. The second-order valence-electron chi connectivity index (χ2n) is 4.97. The average molecular weight is 256 g/mol. The zero-order valence-corrected chi connectivity index (χ0v) is 10.8. The summed E-state index contributed by atoms with van der Waals surface area (Å²) in [6, 6.07) is 3.86. The lowest BCUT2D eigenvalue weighted by atomic mass is 10.2. The maximum atomic E-state index is 12.0. The minimum atomic E-state index is -0.0518. The standard InChI is InChI=1S/C14H16N4O/c1-10(11-2-3-11)17-14(19)12-4-5-13(16-8-12)18-7-6-15-9-18/h4-11H,2-3H2,1H3,(H,17,19)/t10-/m1/s1. The van der Waals surface area contributed by atoms with Crippen LogP contribution in [0.1, 0.15) is 30.1 Å². The first kappa shape index (κ1) is 11.9. The number of imidazole rings is 1. The molecule has 1 N–H and O–H groups in total. The van der Waals surface area contributed by atoms with Crippen LogP contribution in [0.3, 0.4) is 0 Å². The van der Waals surface area contributed by atoms with E-state index in [1.807, 2.05) is 12.3 Å². The summed E-state index contributed by atoms with van der Waals surface area (Å²) in [5.74, 6) is 1.36. The van der Waals surface area contributed by atoms with Crippen LogP contribution in [0.2, 0.25) is 0 Å². The molecular weight excluding hydrogens is 240 g/mol. The van der Waals surface area contributed by atoms with Crippen molar-refractivity contribution in [1.29, 1.82) is 0 Å². The predicted molar refractivity (Wildman–Crippen MR) is 71.0 cm³/mol. The van der Waals surface area contributed by atoms with Crippen LogP contribution in [-0.4, -0.2) is 26.5 Å². The average Bonchev–Trinajstić information content (AvgIpc) is 3.14. The zero-order valence-electron chi connectivity index (χ0n) is 10.8. The van der Waals surface area contributed by atoms with Gasteiger partial charge >= 0.3 is 0 Å². The Hall–Kier alpha value is -2.17. The van der Waals surface area contributed by atoms with Crippen LogP contribution in [-0.2, 0) is 0 Å². The fourth-order valence-electron chi connectivity index (χ4n) is 2.07. The molecule has 1 aliphatic carbocycles. The van der Waals surface area contributed by atoms with Gasteiger partial charge in [0.1, 0.15) is 12.1 Å². The Balaban J connectivity index is 1.69. The van der Waals surface area contributed by atoms with E-state index in [2.05, 4.69) is 22.2 Å². The summed E-state index contributed by atoms with van der Waals surface area (Å²) in [5, 5.41) is 3.01. The molecule has 5 heteroatoms. The highest BCUT2D eigenvalue weighted by Crippen LogP contribution is 2.32. The second kappa shape index (κ2) is 4.84. The van der Waals surface area contributed by atoms with Crippen molar-refractivity contribution in [2.24, 2.45) is 5.92 Å². The topological polar surface area (TPSA) is 59.8 Å². The van der Waals surface area contributed by atoms with Gasteiger partial charge in [0.25, 0.3) is 5.91 Å². The van der Waals surface area contributed by atoms with Crippen molar-refractivity contribution in [3.63, 3.8) is 0 Å². The number of rotatable bonds is 4. The van der Waals surface area contributed by atoms with Gasteiger partial charge in [-0.15, -0.1) is 0 Å². The number of aromatic nitrogens is 3. The quantitative estimate of drug-likeness (QED) is 0.907. The summed E-state index contributed by atoms with van der Waals surface area (Å²) in [5.41, 5.74) is 0.594. The Labute approximate surface area is 111 Å². The molecule has 0 aromatic carbocycles. The SMILES string of the molecule is C[C@@H](NC(=O)c1ccc(-n2ccnc2)nc1)C1CC1. The van der Waals surface area contributed by atoms with Crippen molar-refractivity contribution >= 4 is 5.91 Å². The molecular formula is C14H16N4O. The van der Waals surface area contributed by atoms with E-state index in [9.17, 15) is 4.79 Å². The molecule has 1 amide bonds. The molecule has 98 valence electrons. The summed E-state index contributed by atoms with van der Waals surface area (Å²) in [7, 11) is 0. The Bertz CT molecular complexity index is 558. The summed E-state index contributed by atoms with van der Waals surface area (Å²) in [6.07, 6.45) is 9.23. The fraction of sp³-hybridized carbons (Fsp3) is 0.357. The Morgan fingerprint density at radius 3 is 2.89 bits per heavy atom. The smallest absolute Gasteiger partial charge is 0.253 e. The van der Waals surface area contributed by atoms with Gasteiger partial charge < -0.3 is 5.32 Å². The summed E-state index contributed by atoms with van der Waals surface area (Å²) in [6.45, 7) is 2.06. The molecule has 1 aliphatic rings. The van der Waals surface area contributed by atoms with Gasteiger partial charge in [-0.3, -0.25) is 9.36 Å². The van der Waals surface area contributed by atoms with Crippen molar-refractivity contribution in [1.82, 2.24) is 19.9 Å². The van der Waals surface area contributed by atoms with Gasteiger partial charge in [0.15, 0.2) is 0 Å². The molecule has 1 fully saturated rings. The number of nitrogens with one attached hydrogen (secondary N) is 1. The van der Waals surface area contributed by atoms with E-state index in [-0.39, 0.29) is 11.9 Å². The fourth-order valence-corrected chi connectivity index (χ4v) is 2.07. The molecule has 0 unspecified atom stereocenters. The van der Waals surface area contributed by atoms with Crippen molar-refractivity contribution in [3.05, 3.63) is 42.6 Å². The van der Waals surface area contributed by atoms with E-state index >= 15 is 0 Å². The largest absolute Gasteiger partial charge is 0.349 e. The highest BCUT2D eigenvalue weighted by molar-refractivity contribution is 5.94. The summed E-state index contributed by atoms with van der Waals surface area (Å²) >= 11 is 0. The molecule has 2 heterocycles. The van der Waals surface area contributed by atoms with E-state index < -0.39 is 0 Å². The van der Waals surface area contributed by atoms with Crippen molar-refractivity contribution in [2.45, 2.75) is 25.8 Å². The molecule has 0 spiro atoms. The molecule has 1 atom stereocenters.